The number of benzene rings is 3. The lowest BCUT2D eigenvalue weighted by Crippen LogP contribution is -2.22. The van der Waals surface area contributed by atoms with Crippen LogP contribution >= 0.6 is 51.2 Å². The summed E-state index contributed by atoms with van der Waals surface area (Å²) in [6, 6.07) is 26.2. The number of ketones is 1. The molecule has 5 nitrogen and oxygen atoms in total. The molecule has 0 unspecified atom stereocenters. The number of hydrogen-bond donors (Lipinski definition) is 0. The van der Waals surface area contributed by atoms with E-state index in [1.165, 1.54) is 23.1 Å². The second-order valence-corrected chi connectivity index (χ2v) is 10.8. The van der Waals surface area contributed by atoms with Crippen molar-refractivity contribution in [2.24, 2.45) is 0 Å². The molecule has 0 atom stereocenters. The Morgan fingerprint density at radius 1 is 0.912 bits per heavy atom. The highest BCUT2D eigenvalue weighted by atomic mass is 79.9. The van der Waals surface area contributed by atoms with Crippen LogP contribution < -0.4 is 5.56 Å². The number of rotatable bonds is 6. The van der Waals surface area contributed by atoms with Gasteiger partial charge in [0.25, 0.3) is 5.56 Å². The molecule has 0 saturated heterocycles. The highest BCUT2D eigenvalue weighted by molar-refractivity contribution is 9.10. The molecule has 2 aromatic heterocycles. The Labute approximate surface area is 216 Å². The van der Waals surface area contributed by atoms with Gasteiger partial charge in [0.1, 0.15) is 4.70 Å². The molecule has 0 aliphatic carbocycles. The van der Waals surface area contributed by atoms with Crippen molar-refractivity contribution in [3.05, 3.63) is 109 Å². The van der Waals surface area contributed by atoms with E-state index in [0.29, 0.717) is 30.7 Å². The highest BCUT2D eigenvalue weighted by Gasteiger charge is 2.20. The minimum atomic E-state index is -0.208. The van der Waals surface area contributed by atoms with Crippen LogP contribution in [0.15, 0.2) is 99.4 Å². The number of para-hydroxylation sites is 2. The van der Waals surface area contributed by atoms with Crippen molar-refractivity contribution >= 4 is 67.4 Å². The Morgan fingerprint density at radius 2 is 1.50 bits per heavy atom. The lowest BCUT2D eigenvalue weighted by molar-refractivity contribution is 0.102. The number of aromatic nitrogens is 3. The van der Waals surface area contributed by atoms with Gasteiger partial charge in [0.05, 0.1) is 11.4 Å². The molecule has 0 radical (unpaired) electrons. The number of carbonyl (C=O) groups excluding carboxylic acids is 1. The van der Waals surface area contributed by atoms with E-state index >= 15 is 0 Å². The molecule has 0 saturated carbocycles. The summed E-state index contributed by atoms with van der Waals surface area (Å²) in [6.07, 6.45) is 0. The van der Waals surface area contributed by atoms with Crippen LogP contribution in [0.25, 0.3) is 21.7 Å². The second-order valence-electron chi connectivity index (χ2n) is 7.28. The van der Waals surface area contributed by atoms with Crippen LogP contribution in [0.3, 0.4) is 0 Å². The third-order valence-corrected chi connectivity index (χ3v) is 7.92. The van der Waals surface area contributed by atoms with Gasteiger partial charge < -0.3 is 0 Å². The number of hydrogen-bond acceptors (Lipinski definition) is 6. The summed E-state index contributed by atoms with van der Waals surface area (Å²) in [6.45, 7) is 0. The lowest BCUT2D eigenvalue weighted by Gasteiger charge is -2.12. The molecular formula is C25H16BrN3O2S3. The first-order chi connectivity index (χ1) is 16.5. The Bertz CT molecular complexity index is 1610. The van der Waals surface area contributed by atoms with E-state index in [0.717, 1.165) is 10.2 Å². The standard InChI is InChI=1S/C25H16BrN3O2S3/c26-17-13-11-16(12-14-17)20(30)15-33-24-27-22-21(23(31)29(24)19-9-5-2-6-10-19)34-25(32)28(22)18-7-3-1-4-8-18/h1-14H,15H2. The molecule has 34 heavy (non-hydrogen) atoms. The molecule has 0 amide bonds. The first-order valence-electron chi connectivity index (χ1n) is 10.2. The molecule has 0 aliphatic rings. The summed E-state index contributed by atoms with van der Waals surface area (Å²) in [7, 11) is 0. The average Bonchev–Trinajstić information content (AvgIpc) is 3.20. The third kappa shape index (κ3) is 4.44. The molecule has 168 valence electrons. The minimum Gasteiger partial charge on any atom is -0.293 e. The molecule has 0 N–H and O–H groups in total. The van der Waals surface area contributed by atoms with Gasteiger partial charge in [-0.15, -0.1) is 0 Å². The normalized spacial score (nSPS) is 11.1. The lowest BCUT2D eigenvalue weighted by atomic mass is 10.2. The van der Waals surface area contributed by atoms with Crippen LogP contribution in [0.4, 0.5) is 0 Å². The van der Waals surface area contributed by atoms with Gasteiger partial charge in [0.15, 0.2) is 20.5 Å². The van der Waals surface area contributed by atoms with Crippen LogP contribution in [-0.4, -0.2) is 25.7 Å². The zero-order chi connectivity index (χ0) is 23.7. The summed E-state index contributed by atoms with van der Waals surface area (Å²) in [5, 5.41) is 0.437. The summed E-state index contributed by atoms with van der Waals surface area (Å²) in [5.74, 6) is 0.0967. The van der Waals surface area contributed by atoms with Crippen LogP contribution in [0, 0.1) is 3.95 Å². The molecule has 3 aromatic carbocycles. The van der Waals surface area contributed by atoms with E-state index < -0.39 is 0 Å². The SMILES string of the molecule is O=C(CSc1nc2c(sc(=S)n2-c2ccccc2)c(=O)n1-c1ccccc1)c1ccc(Br)cc1. The molecular weight excluding hydrogens is 550 g/mol. The second kappa shape index (κ2) is 9.79. The summed E-state index contributed by atoms with van der Waals surface area (Å²) in [5.41, 5.74) is 2.42. The first kappa shape index (κ1) is 22.9. The molecule has 5 aromatic rings. The Kier molecular flexibility index (Phi) is 6.60. The Balaban J connectivity index is 1.65. The van der Waals surface area contributed by atoms with Gasteiger partial charge in [-0.25, -0.2) is 4.98 Å². The van der Waals surface area contributed by atoms with Gasteiger partial charge in [-0.1, -0.05) is 87.6 Å². The van der Waals surface area contributed by atoms with Gasteiger partial charge in [0, 0.05) is 15.7 Å². The molecule has 0 fully saturated rings. The number of carbonyl (C=O) groups is 1. The number of fused-ring (bicyclic) bond motifs is 1. The predicted octanol–water partition coefficient (Wildman–Crippen LogP) is 6.70. The zero-order valence-electron chi connectivity index (χ0n) is 17.6. The highest BCUT2D eigenvalue weighted by Crippen LogP contribution is 2.28. The van der Waals surface area contributed by atoms with E-state index in [1.54, 1.807) is 16.7 Å². The van der Waals surface area contributed by atoms with Gasteiger partial charge in [-0.3, -0.25) is 18.7 Å². The molecule has 2 heterocycles. The number of Topliss-reactive ketones (excluding diaryl/α,β-unsaturated/α-hetero) is 1. The minimum absolute atomic E-state index is 0.0447. The molecule has 0 aliphatic heterocycles. The fourth-order valence-corrected chi connectivity index (χ4v) is 5.96. The largest absolute Gasteiger partial charge is 0.293 e. The maximum Gasteiger partial charge on any atom is 0.278 e. The van der Waals surface area contributed by atoms with Crippen molar-refractivity contribution in [2.75, 3.05) is 5.75 Å². The monoisotopic (exact) mass is 565 g/mol. The summed E-state index contributed by atoms with van der Waals surface area (Å²) < 4.78 is 5.29. The number of nitrogens with zero attached hydrogens (tertiary/aromatic N) is 3. The fourth-order valence-electron chi connectivity index (χ4n) is 3.49. The van der Waals surface area contributed by atoms with Gasteiger partial charge >= 0.3 is 0 Å². The van der Waals surface area contributed by atoms with E-state index in [9.17, 15) is 9.59 Å². The van der Waals surface area contributed by atoms with E-state index in [2.05, 4.69) is 15.9 Å². The third-order valence-electron chi connectivity index (χ3n) is 5.10. The summed E-state index contributed by atoms with van der Waals surface area (Å²) >= 11 is 11.5. The zero-order valence-corrected chi connectivity index (χ0v) is 21.6. The topological polar surface area (TPSA) is 56.9 Å². The number of thioether (sulfide) groups is 1. The molecule has 0 spiro atoms. The van der Waals surface area contributed by atoms with Gasteiger partial charge in [0.2, 0.25) is 0 Å². The van der Waals surface area contributed by atoms with E-state index in [1.807, 2.05) is 77.4 Å². The molecule has 0 bridgehead atoms. The fraction of sp³-hybridized carbons (Fsp3) is 0.0400. The van der Waals surface area contributed by atoms with Crippen LogP contribution in [0.5, 0.6) is 0 Å². The van der Waals surface area contributed by atoms with Crippen LogP contribution in [0.2, 0.25) is 0 Å². The van der Waals surface area contributed by atoms with Crippen molar-refractivity contribution < 1.29 is 4.79 Å². The number of halogens is 1. The number of thiazole rings is 1. The maximum absolute atomic E-state index is 13.7. The summed E-state index contributed by atoms with van der Waals surface area (Å²) in [4.78, 5) is 31.4. The molecule has 5 rings (SSSR count). The van der Waals surface area contributed by atoms with Crippen LogP contribution in [0.1, 0.15) is 10.4 Å². The van der Waals surface area contributed by atoms with Gasteiger partial charge in [-0.05, 0) is 48.6 Å². The maximum atomic E-state index is 13.7. The van der Waals surface area contributed by atoms with Crippen LogP contribution in [-0.2, 0) is 0 Å². The Hall–Kier alpha value is -2.85. The smallest absolute Gasteiger partial charge is 0.278 e. The predicted molar refractivity (Wildman–Crippen MR) is 145 cm³/mol. The first-order valence-corrected chi connectivity index (χ1v) is 13.2. The average molecular weight is 567 g/mol. The van der Waals surface area contributed by atoms with Crippen molar-refractivity contribution in [2.45, 2.75) is 5.16 Å². The van der Waals surface area contributed by atoms with Crippen molar-refractivity contribution in [3.8, 4) is 11.4 Å². The van der Waals surface area contributed by atoms with Crippen molar-refractivity contribution in [1.82, 2.24) is 14.1 Å². The Morgan fingerprint density at radius 3 is 2.12 bits per heavy atom. The van der Waals surface area contributed by atoms with E-state index in [4.69, 9.17) is 17.2 Å². The quantitative estimate of drug-likeness (QED) is 0.0991. The van der Waals surface area contributed by atoms with Gasteiger partial charge in [-0.2, -0.15) is 0 Å². The van der Waals surface area contributed by atoms with Crippen molar-refractivity contribution in [1.29, 1.82) is 0 Å². The van der Waals surface area contributed by atoms with E-state index in [-0.39, 0.29) is 17.1 Å². The molecule has 9 heteroatoms. The van der Waals surface area contributed by atoms with Crippen molar-refractivity contribution in [3.63, 3.8) is 0 Å².